The fourth-order valence-corrected chi connectivity index (χ4v) is 3.51. The van der Waals surface area contributed by atoms with E-state index in [2.05, 4.69) is 44.4 Å². The van der Waals surface area contributed by atoms with Gasteiger partial charge in [-0.2, -0.15) is 0 Å². The molecule has 1 saturated heterocycles. The van der Waals surface area contributed by atoms with Crippen LogP contribution in [0.5, 0.6) is 0 Å². The molecule has 2 heterocycles. The summed E-state index contributed by atoms with van der Waals surface area (Å²) in [7, 11) is 1.76. The van der Waals surface area contributed by atoms with Crippen molar-refractivity contribution in [3.05, 3.63) is 47.6 Å². The van der Waals surface area contributed by atoms with Crippen LogP contribution in [0.15, 0.2) is 39.8 Å². The average molecular weight is 544 g/mol. The number of halogens is 2. The van der Waals surface area contributed by atoms with E-state index in [1.54, 1.807) is 13.1 Å². The van der Waals surface area contributed by atoms with Crippen LogP contribution in [-0.2, 0) is 6.54 Å². The third-order valence-electron chi connectivity index (χ3n) is 5.33. The number of anilines is 1. The molecule has 7 nitrogen and oxygen atoms in total. The second-order valence-electron chi connectivity index (χ2n) is 7.86. The number of hydrogen-bond donors (Lipinski definition) is 2. The molecule has 0 atom stereocenters. The maximum absolute atomic E-state index is 13.9. The van der Waals surface area contributed by atoms with Gasteiger partial charge in [0, 0.05) is 45.8 Å². The summed E-state index contributed by atoms with van der Waals surface area (Å²) in [5, 5.41) is 10.7. The number of hydrogen-bond acceptors (Lipinski definition) is 5. The molecule has 0 saturated carbocycles. The summed E-state index contributed by atoms with van der Waals surface area (Å²) in [6.45, 7) is 10.2. The van der Waals surface area contributed by atoms with E-state index in [9.17, 15) is 4.39 Å². The van der Waals surface area contributed by atoms with Crippen LogP contribution < -0.4 is 15.5 Å². The van der Waals surface area contributed by atoms with Gasteiger partial charge in [0.1, 0.15) is 5.82 Å². The molecule has 0 amide bonds. The number of para-hydroxylation sites is 1. The smallest absolute Gasteiger partial charge is 0.191 e. The summed E-state index contributed by atoms with van der Waals surface area (Å²) in [4.78, 5) is 8.81. The number of benzene rings is 1. The minimum absolute atomic E-state index is 0. The van der Waals surface area contributed by atoms with Crippen molar-refractivity contribution in [2.24, 2.45) is 4.99 Å². The Morgan fingerprint density at radius 1 is 1.19 bits per heavy atom. The maximum atomic E-state index is 13.9. The highest BCUT2D eigenvalue weighted by Gasteiger charge is 2.18. The topological polar surface area (TPSA) is 68.9 Å². The Labute approximate surface area is 201 Å². The SMILES string of the molecule is CN=C(NCCCN1CCN(c2ccccc2F)CC1)NCc1cc(C(C)C)no1.I. The van der Waals surface area contributed by atoms with E-state index in [0.717, 1.165) is 63.1 Å². The van der Waals surface area contributed by atoms with E-state index in [1.165, 1.54) is 6.07 Å². The molecule has 1 fully saturated rings. The summed E-state index contributed by atoms with van der Waals surface area (Å²) in [5.74, 6) is 1.77. The number of piperazine rings is 1. The van der Waals surface area contributed by atoms with Gasteiger partial charge in [0.2, 0.25) is 0 Å². The lowest BCUT2D eigenvalue weighted by molar-refractivity contribution is 0.254. The molecular weight excluding hydrogens is 510 g/mol. The maximum Gasteiger partial charge on any atom is 0.191 e. The van der Waals surface area contributed by atoms with Crippen molar-refractivity contribution in [1.82, 2.24) is 20.7 Å². The van der Waals surface area contributed by atoms with Crippen molar-refractivity contribution in [3.63, 3.8) is 0 Å². The van der Waals surface area contributed by atoms with Crippen LogP contribution in [0.25, 0.3) is 0 Å². The van der Waals surface area contributed by atoms with Crippen molar-refractivity contribution in [2.75, 3.05) is 51.2 Å². The molecule has 0 spiro atoms. The summed E-state index contributed by atoms with van der Waals surface area (Å²) in [6.07, 6.45) is 1.01. The van der Waals surface area contributed by atoms with Crippen LogP contribution in [-0.4, -0.2) is 62.3 Å². The Hall–Kier alpha value is -1.88. The molecule has 3 rings (SSSR count). The molecule has 172 valence electrons. The molecule has 31 heavy (non-hydrogen) atoms. The van der Waals surface area contributed by atoms with Crippen LogP contribution in [0.2, 0.25) is 0 Å². The normalized spacial score (nSPS) is 15.1. The molecule has 1 aliphatic heterocycles. The van der Waals surface area contributed by atoms with Gasteiger partial charge in [0.15, 0.2) is 11.7 Å². The summed E-state index contributed by atoms with van der Waals surface area (Å²) >= 11 is 0. The Morgan fingerprint density at radius 3 is 2.58 bits per heavy atom. The Kier molecular flexibility index (Phi) is 10.5. The first-order chi connectivity index (χ1) is 14.6. The molecule has 1 aromatic carbocycles. The minimum Gasteiger partial charge on any atom is -0.367 e. The van der Waals surface area contributed by atoms with Crippen molar-refractivity contribution >= 4 is 35.6 Å². The number of nitrogens with one attached hydrogen (secondary N) is 2. The number of aliphatic imine (C=N–C) groups is 1. The molecule has 1 aromatic heterocycles. The number of rotatable bonds is 8. The van der Waals surface area contributed by atoms with Gasteiger partial charge in [-0.25, -0.2) is 4.39 Å². The zero-order valence-corrected chi connectivity index (χ0v) is 20.9. The van der Waals surface area contributed by atoms with Crippen molar-refractivity contribution in [2.45, 2.75) is 32.7 Å². The number of aromatic nitrogens is 1. The van der Waals surface area contributed by atoms with Gasteiger partial charge in [-0.05, 0) is 31.0 Å². The molecule has 0 unspecified atom stereocenters. The van der Waals surface area contributed by atoms with Gasteiger partial charge in [0.25, 0.3) is 0 Å². The second kappa shape index (κ2) is 12.8. The fraction of sp³-hybridized carbons (Fsp3) is 0.545. The van der Waals surface area contributed by atoms with Gasteiger partial charge in [-0.1, -0.05) is 31.1 Å². The lowest BCUT2D eigenvalue weighted by Gasteiger charge is -2.36. The molecule has 0 bridgehead atoms. The fourth-order valence-electron chi connectivity index (χ4n) is 3.51. The second-order valence-corrected chi connectivity index (χ2v) is 7.86. The zero-order chi connectivity index (χ0) is 21.3. The Morgan fingerprint density at radius 2 is 1.94 bits per heavy atom. The van der Waals surface area contributed by atoms with E-state index in [1.807, 2.05) is 18.2 Å². The summed E-state index contributed by atoms with van der Waals surface area (Å²) in [5.41, 5.74) is 1.67. The molecular formula is C22H34FIN6O. The van der Waals surface area contributed by atoms with Crippen LogP contribution in [0.4, 0.5) is 10.1 Å². The highest BCUT2D eigenvalue weighted by molar-refractivity contribution is 14.0. The van der Waals surface area contributed by atoms with Gasteiger partial charge in [-0.3, -0.25) is 9.89 Å². The number of guanidine groups is 1. The summed E-state index contributed by atoms with van der Waals surface area (Å²) < 4.78 is 19.3. The largest absolute Gasteiger partial charge is 0.367 e. The zero-order valence-electron chi connectivity index (χ0n) is 18.6. The summed E-state index contributed by atoms with van der Waals surface area (Å²) in [6, 6.07) is 8.99. The lowest BCUT2D eigenvalue weighted by Crippen LogP contribution is -2.47. The molecule has 0 radical (unpaired) electrons. The first kappa shape index (κ1) is 25.4. The Balaban J connectivity index is 0.00000341. The Bertz CT molecular complexity index is 820. The quantitative estimate of drug-likeness (QED) is 0.230. The van der Waals surface area contributed by atoms with Gasteiger partial charge < -0.3 is 20.1 Å². The molecule has 2 aromatic rings. The van der Waals surface area contributed by atoms with E-state index < -0.39 is 0 Å². The van der Waals surface area contributed by atoms with Crippen molar-refractivity contribution in [3.8, 4) is 0 Å². The monoisotopic (exact) mass is 544 g/mol. The van der Waals surface area contributed by atoms with Crippen molar-refractivity contribution < 1.29 is 8.91 Å². The van der Waals surface area contributed by atoms with Crippen molar-refractivity contribution in [1.29, 1.82) is 0 Å². The number of nitrogens with zero attached hydrogens (tertiary/aromatic N) is 4. The van der Waals surface area contributed by atoms with Crippen LogP contribution in [0, 0.1) is 5.82 Å². The van der Waals surface area contributed by atoms with Crippen LogP contribution in [0.1, 0.15) is 37.6 Å². The molecule has 0 aliphatic carbocycles. The first-order valence-corrected chi connectivity index (χ1v) is 10.7. The average Bonchev–Trinajstić information content (AvgIpc) is 3.24. The highest BCUT2D eigenvalue weighted by atomic mass is 127. The van der Waals surface area contributed by atoms with E-state index >= 15 is 0 Å². The predicted octanol–water partition coefficient (Wildman–Crippen LogP) is 3.43. The standard InChI is InChI=1S/C22H33FN6O.HI/c1-17(2)20-15-18(30-27-20)16-26-22(24-3)25-9-6-10-28-11-13-29(14-12-28)21-8-5-4-7-19(21)23;/h4-5,7-8,15,17H,6,9-14,16H2,1-3H3,(H2,24,25,26);1H. The van der Waals surface area contributed by atoms with Crippen LogP contribution in [0.3, 0.4) is 0 Å². The van der Waals surface area contributed by atoms with E-state index in [0.29, 0.717) is 18.2 Å². The van der Waals surface area contributed by atoms with Gasteiger partial charge in [0.05, 0.1) is 17.9 Å². The first-order valence-electron chi connectivity index (χ1n) is 10.7. The lowest BCUT2D eigenvalue weighted by atomic mass is 10.1. The van der Waals surface area contributed by atoms with Gasteiger partial charge in [-0.15, -0.1) is 24.0 Å². The van der Waals surface area contributed by atoms with E-state index in [4.69, 9.17) is 4.52 Å². The molecule has 2 N–H and O–H groups in total. The molecule has 9 heteroatoms. The van der Waals surface area contributed by atoms with E-state index in [-0.39, 0.29) is 29.8 Å². The highest BCUT2D eigenvalue weighted by Crippen LogP contribution is 2.20. The third-order valence-corrected chi connectivity index (χ3v) is 5.33. The third kappa shape index (κ3) is 7.64. The predicted molar refractivity (Wildman–Crippen MR) is 134 cm³/mol. The minimum atomic E-state index is -0.139. The molecule has 1 aliphatic rings. The van der Waals surface area contributed by atoms with Gasteiger partial charge >= 0.3 is 0 Å². The van der Waals surface area contributed by atoms with Crippen LogP contribution >= 0.6 is 24.0 Å².